The highest BCUT2D eigenvalue weighted by Gasteiger charge is 2.43. The topological polar surface area (TPSA) is 33.2 Å². The molecule has 1 aromatic heterocycles. The van der Waals surface area contributed by atoms with Crippen LogP contribution in [0.25, 0.3) is 0 Å². The lowest BCUT2D eigenvalue weighted by Gasteiger charge is -2.32. The third-order valence-corrected chi connectivity index (χ3v) is 4.62. The lowest BCUT2D eigenvalue weighted by molar-refractivity contribution is -0.134. The lowest BCUT2D eigenvalue weighted by Crippen LogP contribution is -2.37. The van der Waals surface area contributed by atoms with E-state index in [4.69, 9.17) is 0 Å². The number of aromatic nitrogens is 1. The van der Waals surface area contributed by atoms with Crippen molar-refractivity contribution in [2.24, 2.45) is 11.8 Å². The van der Waals surface area contributed by atoms with E-state index in [1.54, 1.807) is 23.4 Å². The first-order valence-electron chi connectivity index (χ1n) is 8.18. The molecular weight excluding hydrogens is 310 g/mol. The van der Waals surface area contributed by atoms with Crippen molar-refractivity contribution in [3.63, 3.8) is 0 Å². The number of halogens is 2. The standard InChI is InChI=1S/C19H20F2N2O/c1-3-23(19(24)15-9-12(15)2)18(14-5-4-8-22-11-14)13-6-7-16(20)17(21)10-13/h4-8,10-12,15,18H,3,9H2,1-2H3/t12-,15+,18-/m0/s1. The third kappa shape index (κ3) is 3.16. The fourth-order valence-corrected chi connectivity index (χ4v) is 3.12. The van der Waals surface area contributed by atoms with Gasteiger partial charge in [0.1, 0.15) is 0 Å². The largest absolute Gasteiger partial charge is 0.332 e. The summed E-state index contributed by atoms with van der Waals surface area (Å²) in [7, 11) is 0. The minimum atomic E-state index is -0.912. The van der Waals surface area contributed by atoms with E-state index in [1.165, 1.54) is 12.1 Å². The molecule has 3 rings (SSSR count). The van der Waals surface area contributed by atoms with Crippen LogP contribution in [-0.2, 0) is 4.79 Å². The van der Waals surface area contributed by atoms with Crippen molar-refractivity contribution >= 4 is 5.91 Å². The summed E-state index contributed by atoms with van der Waals surface area (Å²) >= 11 is 0. The van der Waals surface area contributed by atoms with Crippen molar-refractivity contribution in [3.8, 4) is 0 Å². The Morgan fingerprint density at radius 1 is 1.29 bits per heavy atom. The number of pyridine rings is 1. The molecule has 0 bridgehead atoms. The zero-order chi connectivity index (χ0) is 17.3. The summed E-state index contributed by atoms with van der Waals surface area (Å²) in [6, 6.07) is 6.96. The molecule has 1 aliphatic rings. The van der Waals surface area contributed by atoms with Gasteiger partial charge in [0, 0.05) is 24.9 Å². The zero-order valence-electron chi connectivity index (χ0n) is 13.7. The van der Waals surface area contributed by atoms with Crippen molar-refractivity contribution in [1.82, 2.24) is 9.88 Å². The van der Waals surface area contributed by atoms with E-state index < -0.39 is 17.7 Å². The average Bonchev–Trinajstić information content (AvgIpc) is 3.32. The first kappa shape index (κ1) is 16.6. The zero-order valence-corrected chi connectivity index (χ0v) is 13.7. The highest BCUT2D eigenvalue weighted by atomic mass is 19.2. The van der Waals surface area contributed by atoms with Crippen LogP contribution in [0.5, 0.6) is 0 Å². The Hall–Kier alpha value is -2.30. The molecule has 0 aliphatic heterocycles. The molecule has 1 saturated carbocycles. The van der Waals surface area contributed by atoms with E-state index in [0.717, 1.165) is 18.1 Å². The predicted molar refractivity (Wildman–Crippen MR) is 87.1 cm³/mol. The molecule has 2 aromatic rings. The Labute approximate surface area is 140 Å². The van der Waals surface area contributed by atoms with Crippen LogP contribution in [0.15, 0.2) is 42.7 Å². The smallest absolute Gasteiger partial charge is 0.226 e. The van der Waals surface area contributed by atoms with Gasteiger partial charge in [0.2, 0.25) is 5.91 Å². The fourth-order valence-electron chi connectivity index (χ4n) is 3.12. The molecule has 0 radical (unpaired) electrons. The maximum Gasteiger partial charge on any atom is 0.226 e. The number of carbonyl (C=O) groups excluding carboxylic acids is 1. The highest BCUT2D eigenvalue weighted by Crippen LogP contribution is 2.41. The number of hydrogen-bond acceptors (Lipinski definition) is 2. The molecule has 0 unspecified atom stereocenters. The summed E-state index contributed by atoms with van der Waals surface area (Å²) in [5.74, 6) is -1.34. The van der Waals surface area contributed by atoms with Crippen molar-refractivity contribution in [1.29, 1.82) is 0 Å². The minimum Gasteiger partial charge on any atom is -0.332 e. The maximum atomic E-state index is 13.8. The monoisotopic (exact) mass is 330 g/mol. The number of amides is 1. The maximum absolute atomic E-state index is 13.8. The molecule has 0 N–H and O–H groups in total. The SMILES string of the molecule is CCN(C(=O)[C@@H]1C[C@@H]1C)[C@H](c1cccnc1)c1ccc(F)c(F)c1. The normalized spacial score (nSPS) is 20.5. The second kappa shape index (κ2) is 6.67. The van der Waals surface area contributed by atoms with Gasteiger partial charge in [-0.2, -0.15) is 0 Å². The minimum absolute atomic E-state index is 0.0226. The molecule has 3 atom stereocenters. The molecule has 1 heterocycles. The second-order valence-electron chi connectivity index (χ2n) is 6.31. The first-order chi connectivity index (χ1) is 11.5. The quantitative estimate of drug-likeness (QED) is 0.831. The van der Waals surface area contributed by atoms with Crippen LogP contribution in [0.3, 0.4) is 0 Å². The Bertz CT molecular complexity index is 735. The third-order valence-electron chi connectivity index (χ3n) is 4.62. The predicted octanol–water partition coefficient (Wildman–Crippen LogP) is 3.95. The Balaban J connectivity index is 2.04. The summed E-state index contributed by atoms with van der Waals surface area (Å²) < 4.78 is 27.1. The van der Waals surface area contributed by atoms with Crippen molar-refractivity contribution in [2.75, 3.05) is 6.54 Å². The molecule has 1 aromatic carbocycles. The molecule has 126 valence electrons. The highest BCUT2D eigenvalue weighted by molar-refractivity contribution is 5.82. The van der Waals surface area contributed by atoms with E-state index in [1.807, 2.05) is 19.9 Å². The van der Waals surface area contributed by atoms with Gasteiger partial charge in [-0.1, -0.05) is 19.1 Å². The van der Waals surface area contributed by atoms with E-state index in [9.17, 15) is 13.6 Å². The number of carbonyl (C=O) groups is 1. The van der Waals surface area contributed by atoms with Crippen molar-refractivity contribution in [2.45, 2.75) is 26.3 Å². The second-order valence-corrected chi connectivity index (χ2v) is 6.31. The molecule has 0 saturated heterocycles. The molecule has 1 fully saturated rings. The summed E-state index contributed by atoms with van der Waals surface area (Å²) in [4.78, 5) is 18.7. The van der Waals surface area contributed by atoms with Crippen molar-refractivity contribution < 1.29 is 13.6 Å². The van der Waals surface area contributed by atoms with Crippen molar-refractivity contribution in [3.05, 3.63) is 65.5 Å². The number of hydrogen-bond donors (Lipinski definition) is 0. The number of rotatable bonds is 5. The van der Waals surface area contributed by atoms with E-state index in [0.29, 0.717) is 18.0 Å². The molecule has 5 heteroatoms. The van der Waals surface area contributed by atoms with Gasteiger partial charge in [0.25, 0.3) is 0 Å². The molecule has 1 amide bonds. The van der Waals surface area contributed by atoms with Gasteiger partial charge in [-0.05, 0) is 48.6 Å². The lowest BCUT2D eigenvalue weighted by atomic mass is 9.97. The van der Waals surface area contributed by atoms with Crippen LogP contribution in [0.1, 0.15) is 37.4 Å². The van der Waals surface area contributed by atoms with Crippen LogP contribution >= 0.6 is 0 Å². The Kier molecular flexibility index (Phi) is 4.60. The summed E-state index contributed by atoms with van der Waals surface area (Å²) in [6.07, 6.45) is 4.19. The van der Waals surface area contributed by atoms with Gasteiger partial charge in [-0.25, -0.2) is 8.78 Å². The number of benzene rings is 1. The molecule has 3 nitrogen and oxygen atoms in total. The van der Waals surface area contributed by atoms with Gasteiger partial charge < -0.3 is 4.90 Å². The Morgan fingerprint density at radius 2 is 2.04 bits per heavy atom. The van der Waals surface area contributed by atoms with Gasteiger partial charge in [-0.3, -0.25) is 9.78 Å². The van der Waals surface area contributed by atoms with E-state index in [-0.39, 0.29) is 11.8 Å². The number of nitrogens with zero attached hydrogens (tertiary/aromatic N) is 2. The summed E-state index contributed by atoms with van der Waals surface area (Å²) in [5.41, 5.74) is 1.33. The molecule has 1 aliphatic carbocycles. The van der Waals surface area contributed by atoms with Gasteiger partial charge in [0.15, 0.2) is 11.6 Å². The van der Waals surface area contributed by atoms with Gasteiger partial charge >= 0.3 is 0 Å². The molecule has 24 heavy (non-hydrogen) atoms. The van der Waals surface area contributed by atoms with Gasteiger partial charge in [0.05, 0.1) is 6.04 Å². The van der Waals surface area contributed by atoms with Gasteiger partial charge in [-0.15, -0.1) is 0 Å². The summed E-state index contributed by atoms with van der Waals surface area (Å²) in [6.45, 7) is 4.43. The van der Waals surface area contributed by atoms with E-state index >= 15 is 0 Å². The Morgan fingerprint density at radius 3 is 2.58 bits per heavy atom. The average molecular weight is 330 g/mol. The van der Waals surface area contributed by atoms with E-state index in [2.05, 4.69) is 4.98 Å². The molecular formula is C19H20F2N2O. The fraction of sp³-hybridized carbons (Fsp3) is 0.368. The molecule has 0 spiro atoms. The van der Waals surface area contributed by atoms with Crippen LogP contribution in [0, 0.1) is 23.5 Å². The van der Waals surface area contributed by atoms with Crippen LogP contribution in [0.4, 0.5) is 8.78 Å². The first-order valence-corrected chi connectivity index (χ1v) is 8.18. The van der Waals surface area contributed by atoms with Crippen LogP contribution in [0.2, 0.25) is 0 Å². The van der Waals surface area contributed by atoms with Crippen LogP contribution in [-0.4, -0.2) is 22.3 Å². The summed E-state index contributed by atoms with van der Waals surface area (Å²) in [5, 5.41) is 0. The van der Waals surface area contributed by atoms with Crippen LogP contribution < -0.4 is 0 Å².